The average Bonchev–Trinajstić information content (AvgIpc) is 2.83. The molecular weight excluding hydrogens is 206 g/mol. The standard InChI is InChI=1S/C10H17N5O/c1-15(6-8-3-2-4-11-5-8)10(16)9-12-7-13-14-9/h7-8,11H,2-6H2,1H3,(H,12,13,14). The molecular formula is C10H17N5O. The van der Waals surface area contributed by atoms with E-state index >= 15 is 0 Å². The molecule has 0 saturated carbocycles. The number of piperidine rings is 1. The van der Waals surface area contributed by atoms with E-state index in [1.165, 1.54) is 19.2 Å². The Morgan fingerprint density at radius 2 is 2.56 bits per heavy atom. The summed E-state index contributed by atoms with van der Waals surface area (Å²) in [5.41, 5.74) is 0. The van der Waals surface area contributed by atoms with E-state index in [1.807, 2.05) is 0 Å². The lowest BCUT2D eigenvalue weighted by atomic mass is 9.99. The number of carbonyl (C=O) groups excluding carboxylic acids is 1. The molecule has 1 aromatic heterocycles. The molecule has 0 bridgehead atoms. The molecule has 1 saturated heterocycles. The fourth-order valence-electron chi connectivity index (χ4n) is 2.04. The quantitative estimate of drug-likeness (QED) is 0.749. The highest BCUT2D eigenvalue weighted by Crippen LogP contribution is 2.11. The zero-order chi connectivity index (χ0) is 11.4. The van der Waals surface area contributed by atoms with E-state index in [0.29, 0.717) is 11.7 Å². The molecule has 1 aliphatic rings. The van der Waals surface area contributed by atoms with Gasteiger partial charge in [0.2, 0.25) is 5.82 Å². The van der Waals surface area contributed by atoms with E-state index in [0.717, 1.165) is 19.6 Å². The zero-order valence-corrected chi connectivity index (χ0v) is 9.44. The Kier molecular flexibility index (Phi) is 3.51. The number of hydrogen-bond acceptors (Lipinski definition) is 4. The van der Waals surface area contributed by atoms with Crippen LogP contribution in [0.4, 0.5) is 0 Å². The number of hydrogen-bond donors (Lipinski definition) is 2. The summed E-state index contributed by atoms with van der Waals surface area (Å²) >= 11 is 0. The molecule has 0 aromatic carbocycles. The smallest absolute Gasteiger partial charge is 0.290 e. The van der Waals surface area contributed by atoms with E-state index in [4.69, 9.17) is 0 Å². The summed E-state index contributed by atoms with van der Waals surface area (Å²) in [5, 5.41) is 9.60. The van der Waals surface area contributed by atoms with E-state index in [-0.39, 0.29) is 5.91 Å². The van der Waals surface area contributed by atoms with Gasteiger partial charge in [-0.05, 0) is 31.8 Å². The third kappa shape index (κ3) is 2.57. The number of carbonyl (C=O) groups is 1. The molecule has 88 valence electrons. The highest BCUT2D eigenvalue weighted by Gasteiger charge is 2.20. The summed E-state index contributed by atoms with van der Waals surface area (Å²) in [6, 6.07) is 0. The van der Waals surface area contributed by atoms with Crippen LogP contribution in [0.3, 0.4) is 0 Å². The predicted octanol–water partition coefficient (Wildman–Crippen LogP) is -0.124. The fraction of sp³-hybridized carbons (Fsp3) is 0.700. The number of rotatable bonds is 3. The molecule has 16 heavy (non-hydrogen) atoms. The summed E-state index contributed by atoms with van der Waals surface area (Å²) in [4.78, 5) is 17.4. The van der Waals surface area contributed by atoms with Crippen molar-refractivity contribution in [3.8, 4) is 0 Å². The lowest BCUT2D eigenvalue weighted by molar-refractivity contribution is 0.0753. The third-order valence-corrected chi connectivity index (χ3v) is 2.90. The van der Waals surface area contributed by atoms with Crippen molar-refractivity contribution < 1.29 is 4.79 Å². The van der Waals surface area contributed by atoms with Crippen LogP contribution in [0.15, 0.2) is 6.33 Å². The summed E-state index contributed by atoms with van der Waals surface area (Å²) in [6.45, 7) is 2.86. The van der Waals surface area contributed by atoms with Crippen molar-refractivity contribution in [2.24, 2.45) is 5.92 Å². The topological polar surface area (TPSA) is 73.9 Å². The minimum Gasteiger partial charge on any atom is -0.339 e. The Hall–Kier alpha value is -1.43. The molecule has 1 atom stereocenters. The summed E-state index contributed by atoms with van der Waals surface area (Å²) in [5.74, 6) is 0.764. The molecule has 1 amide bonds. The number of aromatic amines is 1. The highest BCUT2D eigenvalue weighted by molar-refractivity contribution is 5.90. The maximum Gasteiger partial charge on any atom is 0.290 e. The Morgan fingerprint density at radius 1 is 1.69 bits per heavy atom. The first-order valence-electron chi connectivity index (χ1n) is 5.59. The lowest BCUT2D eigenvalue weighted by Gasteiger charge is -2.27. The molecule has 1 aliphatic heterocycles. The minimum absolute atomic E-state index is 0.0944. The Balaban J connectivity index is 1.87. The Bertz CT molecular complexity index is 331. The normalized spacial score (nSPS) is 20.7. The van der Waals surface area contributed by atoms with Gasteiger partial charge < -0.3 is 10.2 Å². The maximum atomic E-state index is 11.9. The second-order valence-corrected chi connectivity index (χ2v) is 4.23. The van der Waals surface area contributed by atoms with Gasteiger partial charge in [0.1, 0.15) is 6.33 Å². The summed E-state index contributed by atoms with van der Waals surface area (Å²) < 4.78 is 0. The molecule has 1 aromatic rings. The molecule has 6 nitrogen and oxygen atoms in total. The van der Waals surface area contributed by atoms with E-state index < -0.39 is 0 Å². The molecule has 0 spiro atoms. The zero-order valence-electron chi connectivity index (χ0n) is 9.44. The van der Waals surface area contributed by atoms with Crippen molar-refractivity contribution in [1.29, 1.82) is 0 Å². The van der Waals surface area contributed by atoms with Crippen LogP contribution >= 0.6 is 0 Å². The van der Waals surface area contributed by atoms with E-state index in [9.17, 15) is 4.79 Å². The molecule has 2 N–H and O–H groups in total. The van der Waals surface area contributed by atoms with Gasteiger partial charge in [-0.25, -0.2) is 4.98 Å². The fourth-order valence-corrected chi connectivity index (χ4v) is 2.04. The third-order valence-electron chi connectivity index (χ3n) is 2.90. The molecule has 0 aliphatic carbocycles. The van der Waals surface area contributed by atoms with Crippen LogP contribution in [-0.4, -0.2) is 52.7 Å². The van der Waals surface area contributed by atoms with Crippen LogP contribution in [0.5, 0.6) is 0 Å². The number of aromatic nitrogens is 3. The van der Waals surface area contributed by atoms with Gasteiger partial charge in [-0.2, -0.15) is 5.10 Å². The largest absolute Gasteiger partial charge is 0.339 e. The van der Waals surface area contributed by atoms with Crippen LogP contribution in [0.2, 0.25) is 0 Å². The lowest BCUT2D eigenvalue weighted by Crippen LogP contribution is -2.39. The number of amides is 1. The van der Waals surface area contributed by atoms with Gasteiger partial charge in [0.05, 0.1) is 0 Å². The second kappa shape index (κ2) is 5.07. The molecule has 1 fully saturated rings. The Labute approximate surface area is 94.4 Å². The maximum absolute atomic E-state index is 11.9. The first-order valence-corrected chi connectivity index (χ1v) is 5.59. The van der Waals surface area contributed by atoms with Crippen LogP contribution < -0.4 is 5.32 Å². The van der Waals surface area contributed by atoms with Gasteiger partial charge in [-0.15, -0.1) is 0 Å². The van der Waals surface area contributed by atoms with Crippen molar-refractivity contribution in [1.82, 2.24) is 25.4 Å². The molecule has 2 rings (SSSR count). The van der Waals surface area contributed by atoms with Crippen molar-refractivity contribution in [3.05, 3.63) is 12.2 Å². The van der Waals surface area contributed by atoms with Crippen molar-refractivity contribution in [2.75, 3.05) is 26.7 Å². The average molecular weight is 223 g/mol. The number of nitrogens with one attached hydrogen (secondary N) is 2. The minimum atomic E-state index is -0.0944. The second-order valence-electron chi connectivity index (χ2n) is 4.23. The molecule has 6 heteroatoms. The van der Waals surface area contributed by atoms with Crippen molar-refractivity contribution >= 4 is 5.91 Å². The monoisotopic (exact) mass is 223 g/mol. The summed E-state index contributed by atoms with van der Waals surface area (Å²) in [7, 11) is 1.81. The van der Waals surface area contributed by atoms with E-state index in [2.05, 4.69) is 20.5 Å². The Morgan fingerprint density at radius 3 is 3.19 bits per heavy atom. The highest BCUT2D eigenvalue weighted by atomic mass is 16.2. The van der Waals surface area contributed by atoms with Crippen LogP contribution in [0, 0.1) is 5.92 Å². The number of nitrogens with zero attached hydrogens (tertiary/aromatic N) is 3. The van der Waals surface area contributed by atoms with Gasteiger partial charge in [0.25, 0.3) is 5.91 Å². The van der Waals surface area contributed by atoms with Gasteiger partial charge in [0, 0.05) is 13.6 Å². The predicted molar refractivity (Wildman–Crippen MR) is 58.9 cm³/mol. The van der Waals surface area contributed by atoms with Gasteiger partial charge in [-0.1, -0.05) is 0 Å². The van der Waals surface area contributed by atoms with Gasteiger partial charge in [0.15, 0.2) is 0 Å². The molecule has 2 heterocycles. The van der Waals surface area contributed by atoms with Crippen molar-refractivity contribution in [2.45, 2.75) is 12.8 Å². The van der Waals surface area contributed by atoms with Crippen molar-refractivity contribution in [3.63, 3.8) is 0 Å². The number of H-pyrrole nitrogens is 1. The van der Waals surface area contributed by atoms with Crippen LogP contribution in [0.1, 0.15) is 23.5 Å². The van der Waals surface area contributed by atoms with Crippen LogP contribution in [0.25, 0.3) is 0 Å². The SMILES string of the molecule is CN(CC1CCCNC1)C(=O)c1ncn[nH]1. The molecule has 1 unspecified atom stereocenters. The first kappa shape index (κ1) is 11.1. The first-order chi connectivity index (χ1) is 7.77. The van der Waals surface area contributed by atoms with Crippen LogP contribution in [-0.2, 0) is 0 Å². The van der Waals surface area contributed by atoms with Gasteiger partial charge >= 0.3 is 0 Å². The van der Waals surface area contributed by atoms with E-state index in [1.54, 1.807) is 11.9 Å². The van der Waals surface area contributed by atoms with Gasteiger partial charge in [-0.3, -0.25) is 9.89 Å². The molecule has 0 radical (unpaired) electrons. The summed E-state index contributed by atoms with van der Waals surface area (Å²) in [6.07, 6.45) is 3.72.